The van der Waals surface area contributed by atoms with Crippen LogP contribution in [-0.2, 0) is 6.42 Å². The number of rotatable bonds is 2. The van der Waals surface area contributed by atoms with Gasteiger partial charge in [-0.25, -0.2) is 4.98 Å². The Balaban J connectivity index is 2.20. The van der Waals surface area contributed by atoms with E-state index in [1.54, 1.807) is 6.07 Å². The van der Waals surface area contributed by atoms with Crippen molar-refractivity contribution in [1.82, 2.24) is 4.98 Å². The fraction of sp³-hybridized carbons (Fsp3) is 0.188. The number of benzene rings is 2. The van der Waals surface area contributed by atoms with Gasteiger partial charge in [0.2, 0.25) is 5.89 Å². The minimum atomic E-state index is 0.560. The van der Waals surface area contributed by atoms with E-state index >= 15 is 0 Å². The largest absolute Gasteiger partial charge is 0.436 e. The zero-order chi connectivity index (χ0) is 14.3. The highest BCUT2D eigenvalue weighted by Crippen LogP contribution is 2.31. The van der Waals surface area contributed by atoms with Crippen LogP contribution in [-0.4, -0.2) is 4.98 Å². The van der Waals surface area contributed by atoms with Crippen LogP contribution in [0.15, 0.2) is 34.7 Å². The van der Waals surface area contributed by atoms with E-state index in [9.17, 15) is 0 Å². The van der Waals surface area contributed by atoms with Crippen molar-refractivity contribution in [2.24, 2.45) is 0 Å². The topological polar surface area (TPSA) is 78.1 Å². The molecule has 0 saturated carbocycles. The number of aryl methyl sites for hydroxylation is 1. The molecule has 4 heteroatoms. The Morgan fingerprint density at radius 2 is 1.95 bits per heavy atom. The third kappa shape index (κ3) is 1.99. The summed E-state index contributed by atoms with van der Waals surface area (Å²) in [6, 6.07) is 9.65. The van der Waals surface area contributed by atoms with Crippen LogP contribution in [0.25, 0.3) is 22.6 Å². The van der Waals surface area contributed by atoms with E-state index in [0.29, 0.717) is 17.3 Å². The number of nitrogen functional groups attached to an aromatic ring is 2. The van der Waals surface area contributed by atoms with Gasteiger partial charge in [0.05, 0.1) is 0 Å². The van der Waals surface area contributed by atoms with E-state index in [1.165, 1.54) is 5.56 Å². The molecule has 0 bridgehead atoms. The molecule has 0 aliphatic carbocycles. The highest BCUT2D eigenvalue weighted by Gasteiger charge is 2.13. The van der Waals surface area contributed by atoms with Crippen molar-refractivity contribution in [3.63, 3.8) is 0 Å². The van der Waals surface area contributed by atoms with Crippen molar-refractivity contribution in [3.05, 3.63) is 41.5 Å². The second-order valence-electron chi connectivity index (χ2n) is 4.96. The lowest BCUT2D eigenvalue weighted by Gasteiger charge is -2.06. The molecule has 0 aliphatic heterocycles. The molecule has 0 aliphatic rings. The van der Waals surface area contributed by atoms with Crippen molar-refractivity contribution < 1.29 is 4.42 Å². The van der Waals surface area contributed by atoms with Crippen molar-refractivity contribution >= 4 is 22.5 Å². The number of nitrogens with two attached hydrogens (primary N) is 2. The van der Waals surface area contributed by atoms with E-state index < -0.39 is 0 Å². The number of hydrogen-bond donors (Lipinski definition) is 2. The number of nitrogens with zero attached hydrogens (tertiary/aromatic N) is 1. The number of fused-ring (bicyclic) bond motifs is 1. The van der Waals surface area contributed by atoms with Crippen molar-refractivity contribution in [3.8, 4) is 11.5 Å². The molecule has 3 rings (SSSR count). The summed E-state index contributed by atoms with van der Waals surface area (Å²) >= 11 is 0. The van der Waals surface area contributed by atoms with Crippen LogP contribution in [0.3, 0.4) is 0 Å². The maximum absolute atomic E-state index is 5.95. The van der Waals surface area contributed by atoms with Gasteiger partial charge in [0.15, 0.2) is 5.58 Å². The van der Waals surface area contributed by atoms with Gasteiger partial charge in [0.25, 0.3) is 0 Å². The summed E-state index contributed by atoms with van der Waals surface area (Å²) in [7, 11) is 0. The summed E-state index contributed by atoms with van der Waals surface area (Å²) in [5, 5.41) is 0. The van der Waals surface area contributed by atoms with Crippen molar-refractivity contribution in [2.45, 2.75) is 20.3 Å². The van der Waals surface area contributed by atoms with Crippen molar-refractivity contribution in [2.75, 3.05) is 11.5 Å². The van der Waals surface area contributed by atoms with Crippen LogP contribution in [0, 0.1) is 6.92 Å². The van der Waals surface area contributed by atoms with E-state index in [-0.39, 0.29) is 0 Å². The standard InChI is InChI=1S/C16H17N3O/c1-3-10-4-5-15-14(6-10)19-16(20-15)12-7-11(17)8-13(18)9(12)2/h4-8H,3,17-18H2,1-2H3. The minimum Gasteiger partial charge on any atom is -0.436 e. The predicted octanol–water partition coefficient (Wildman–Crippen LogP) is 3.53. The molecule has 1 aromatic heterocycles. The molecular formula is C16H17N3O. The molecule has 0 spiro atoms. The average Bonchev–Trinajstić information content (AvgIpc) is 2.85. The molecule has 4 nitrogen and oxygen atoms in total. The summed E-state index contributed by atoms with van der Waals surface area (Å²) in [6.45, 7) is 4.06. The van der Waals surface area contributed by atoms with Crippen LogP contribution < -0.4 is 11.5 Å². The Hall–Kier alpha value is -2.49. The lowest BCUT2D eigenvalue weighted by atomic mass is 10.1. The highest BCUT2D eigenvalue weighted by molar-refractivity contribution is 5.80. The van der Waals surface area contributed by atoms with Gasteiger partial charge in [-0.2, -0.15) is 0 Å². The van der Waals surface area contributed by atoms with Gasteiger partial charge in [-0.1, -0.05) is 13.0 Å². The fourth-order valence-electron chi connectivity index (χ4n) is 2.29. The first-order valence-electron chi connectivity index (χ1n) is 6.64. The summed E-state index contributed by atoms with van der Waals surface area (Å²) in [4.78, 5) is 4.56. The third-order valence-corrected chi connectivity index (χ3v) is 3.56. The van der Waals surface area contributed by atoms with E-state index in [1.807, 2.05) is 25.1 Å². The van der Waals surface area contributed by atoms with Crippen LogP contribution in [0.2, 0.25) is 0 Å². The molecule has 0 radical (unpaired) electrons. The molecule has 20 heavy (non-hydrogen) atoms. The summed E-state index contributed by atoms with van der Waals surface area (Å²) in [5.41, 5.74) is 17.7. The van der Waals surface area contributed by atoms with Gasteiger partial charge in [-0.3, -0.25) is 0 Å². The summed E-state index contributed by atoms with van der Waals surface area (Å²) < 4.78 is 5.82. The Kier molecular flexibility index (Phi) is 2.86. The Labute approximate surface area is 117 Å². The lowest BCUT2D eigenvalue weighted by molar-refractivity contribution is 0.619. The first-order valence-corrected chi connectivity index (χ1v) is 6.64. The maximum atomic E-state index is 5.95. The van der Waals surface area contributed by atoms with Gasteiger partial charge in [0.1, 0.15) is 5.52 Å². The van der Waals surface area contributed by atoms with E-state index in [0.717, 1.165) is 28.6 Å². The molecule has 1 heterocycles. The number of aromatic nitrogens is 1. The quantitative estimate of drug-likeness (QED) is 0.696. The molecule has 0 unspecified atom stereocenters. The van der Waals surface area contributed by atoms with E-state index in [2.05, 4.69) is 18.0 Å². The molecule has 0 saturated heterocycles. The monoisotopic (exact) mass is 267 g/mol. The second kappa shape index (κ2) is 4.56. The molecule has 3 aromatic rings. The Bertz CT molecular complexity index is 790. The normalized spacial score (nSPS) is 11.1. The second-order valence-corrected chi connectivity index (χ2v) is 4.96. The fourth-order valence-corrected chi connectivity index (χ4v) is 2.29. The van der Waals surface area contributed by atoms with Gasteiger partial charge in [0, 0.05) is 16.9 Å². The van der Waals surface area contributed by atoms with Crippen LogP contribution in [0.4, 0.5) is 11.4 Å². The van der Waals surface area contributed by atoms with Gasteiger partial charge < -0.3 is 15.9 Å². The predicted molar refractivity (Wildman–Crippen MR) is 82.4 cm³/mol. The number of anilines is 2. The molecule has 102 valence electrons. The zero-order valence-corrected chi connectivity index (χ0v) is 11.6. The highest BCUT2D eigenvalue weighted by atomic mass is 16.3. The molecule has 0 fully saturated rings. The zero-order valence-electron chi connectivity index (χ0n) is 11.6. The maximum Gasteiger partial charge on any atom is 0.227 e. The van der Waals surface area contributed by atoms with Crippen molar-refractivity contribution in [1.29, 1.82) is 0 Å². The number of oxazole rings is 1. The average molecular weight is 267 g/mol. The minimum absolute atomic E-state index is 0.560. The van der Waals surface area contributed by atoms with Crippen LogP contribution in [0.5, 0.6) is 0 Å². The van der Waals surface area contributed by atoms with Crippen LogP contribution >= 0.6 is 0 Å². The third-order valence-electron chi connectivity index (χ3n) is 3.56. The molecule has 2 aromatic carbocycles. The summed E-state index contributed by atoms with van der Waals surface area (Å²) in [5.74, 6) is 0.560. The van der Waals surface area contributed by atoms with Crippen LogP contribution in [0.1, 0.15) is 18.1 Å². The Morgan fingerprint density at radius 3 is 2.70 bits per heavy atom. The lowest BCUT2D eigenvalue weighted by Crippen LogP contribution is -1.96. The Morgan fingerprint density at radius 1 is 1.15 bits per heavy atom. The SMILES string of the molecule is CCc1ccc2oc(-c3cc(N)cc(N)c3C)nc2c1. The first kappa shape index (κ1) is 12.5. The molecule has 4 N–H and O–H groups in total. The van der Waals surface area contributed by atoms with E-state index in [4.69, 9.17) is 15.9 Å². The first-order chi connectivity index (χ1) is 9.58. The number of hydrogen-bond acceptors (Lipinski definition) is 4. The molecule has 0 atom stereocenters. The van der Waals surface area contributed by atoms with Gasteiger partial charge in [-0.05, 0) is 48.7 Å². The van der Waals surface area contributed by atoms with Gasteiger partial charge in [-0.15, -0.1) is 0 Å². The smallest absolute Gasteiger partial charge is 0.227 e. The molecule has 0 amide bonds. The summed E-state index contributed by atoms with van der Waals surface area (Å²) in [6.07, 6.45) is 0.975. The molecular weight excluding hydrogens is 250 g/mol. The van der Waals surface area contributed by atoms with Gasteiger partial charge >= 0.3 is 0 Å².